The average Bonchev–Trinajstić information content (AvgIpc) is 3.11. The van der Waals surface area contributed by atoms with E-state index in [1.165, 1.54) is 10.1 Å². The highest BCUT2D eigenvalue weighted by atomic mass is 32.1. The first-order valence-electron chi connectivity index (χ1n) is 8.53. The number of aryl methyl sites for hydroxylation is 1. The van der Waals surface area contributed by atoms with Crippen LogP contribution in [0.5, 0.6) is 0 Å². The van der Waals surface area contributed by atoms with E-state index in [1.807, 2.05) is 36.4 Å². The van der Waals surface area contributed by atoms with Crippen LogP contribution in [0.1, 0.15) is 12.0 Å². The van der Waals surface area contributed by atoms with Crippen LogP contribution in [0.15, 0.2) is 60.8 Å². The highest BCUT2D eigenvalue weighted by Gasteiger charge is 2.11. The molecule has 0 unspecified atom stereocenters. The first-order chi connectivity index (χ1) is 13.1. The number of hydrogen-bond donors (Lipinski definition) is 2. The molecule has 0 atom stereocenters. The van der Waals surface area contributed by atoms with E-state index in [9.17, 15) is 4.79 Å². The Morgan fingerprint density at radius 2 is 1.89 bits per heavy atom. The second kappa shape index (κ2) is 7.17. The number of anilines is 1. The smallest absolute Gasteiger partial charge is 0.303 e. The number of aromatic nitrogens is 2. The molecule has 134 valence electrons. The van der Waals surface area contributed by atoms with Crippen LogP contribution in [0.3, 0.4) is 0 Å². The number of rotatable bonds is 5. The molecule has 0 fully saturated rings. The van der Waals surface area contributed by atoms with Crippen LogP contribution < -0.4 is 5.73 Å². The molecule has 0 saturated heterocycles. The molecule has 0 amide bonds. The number of nitrogens with zero attached hydrogens (tertiary/aromatic N) is 2. The summed E-state index contributed by atoms with van der Waals surface area (Å²) >= 11 is 1.67. The van der Waals surface area contributed by atoms with E-state index in [-0.39, 0.29) is 6.42 Å². The minimum absolute atomic E-state index is 0.114. The number of carbonyl (C=O) groups is 1. The predicted octanol–water partition coefficient (Wildman–Crippen LogP) is 4.62. The van der Waals surface area contributed by atoms with E-state index in [0.29, 0.717) is 17.9 Å². The molecule has 4 rings (SSSR count). The molecule has 2 heterocycles. The molecule has 4 aromatic rings. The summed E-state index contributed by atoms with van der Waals surface area (Å²) in [6, 6.07) is 18.0. The van der Waals surface area contributed by atoms with Gasteiger partial charge in [-0.1, -0.05) is 42.5 Å². The minimum Gasteiger partial charge on any atom is -0.481 e. The van der Waals surface area contributed by atoms with Gasteiger partial charge in [0.05, 0.1) is 16.8 Å². The van der Waals surface area contributed by atoms with Gasteiger partial charge in [-0.05, 0) is 29.5 Å². The number of aliphatic carboxylic acids is 1. The van der Waals surface area contributed by atoms with Crippen LogP contribution in [0.4, 0.5) is 5.82 Å². The van der Waals surface area contributed by atoms with E-state index in [0.717, 1.165) is 21.7 Å². The van der Waals surface area contributed by atoms with E-state index >= 15 is 0 Å². The average molecular weight is 375 g/mol. The van der Waals surface area contributed by atoms with Crippen LogP contribution >= 0.6 is 11.3 Å². The molecule has 0 radical (unpaired) electrons. The predicted molar refractivity (Wildman–Crippen MR) is 109 cm³/mol. The number of nitrogens with two attached hydrogens (primary N) is 1. The second-order valence-corrected chi connectivity index (χ2v) is 7.31. The van der Waals surface area contributed by atoms with Gasteiger partial charge in [-0.2, -0.15) is 0 Å². The van der Waals surface area contributed by atoms with Crippen molar-refractivity contribution in [1.82, 2.24) is 9.97 Å². The van der Waals surface area contributed by atoms with Gasteiger partial charge in [-0.3, -0.25) is 4.79 Å². The van der Waals surface area contributed by atoms with E-state index in [2.05, 4.69) is 23.2 Å². The lowest BCUT2D eigenvalue weighted by molar-refractivity contribution is -0.136. The van der Waals surface area contributed by atoms with Crippen LogP contribution in [0, 0.1) is 0 Å². The molecule has 6 heteroatoms. The zero-order valence-electron chi connectivity index (χ0n) is 14.4. The Bertz CT molecular complexity index is 1090. The van der Waals surface area contributed by atoms with Crippen LogP contribution in [0.2, 0.25) is 0 Å². The van der Waals surface area contributed by atoms with Gasteiger partial charge in [-0.25, -0.2) is 9.97 Å². The van der Waals surface area contributed by atoms with Crippen molar-refractivity contribution in [3.8, 4) is 21.8 Å². The van der Waals surface area contributed by atoms with Crippen molar-refractivity contribution in [2.45, 2.75) is 12.8 Å². The highest BCUT2D eigenvalue weighted by molar-refractivity contribution is 7.22. The van der Waals surface area contributed by atoms with Crippen molar-refractivity contribution < 1.29 is 9.90 Å². The van der Waals surface area contributed by atoms with E-state index in [4.69, 9.17) is 15.8 Å². The molecule has 0 aliphatic carbocycles. The Balaban J connectivity index is 1.67. The Hall–Kier alpha value is -3.25. The number of thiophene rings is 1. The maximum absolute atomic E-state index is 10.7. The zero-order valence-corrected chi connectivity index (χ0v) is 15.2. The SMILES string of the molecule is Nc1ncc(-c2cc3ccccc3s2)nc1-c1ccc(CCC(=O)O)cc1. The van der Waals surface area contributed by atoms with Gasteiger partial charge in [-0.15, -0.1) is 11.3 Å². The fourth-order valence-electron chi connectivity index (χ4n) is 2.92. The van der Waals surface area contributed by atoms with Crippen molar-refractivity contribution in [3.05, 3.63) is 66.4 Å². The van der Waals surface area contributed by atoms with Crippen molar-refractivity contribution in [1.29, 1.82) is 0 Å². The van der Waals surface area contributed by atoms with Gasteiger partial charge in [0.2, 0.25) is 0 Å². The number of carboxylic acids is 1. The molecule has 27 heavy (non-hydrogen) atoms. The lowest BCUT2D eigenvalue weighted by Gasteiger charge is -2.07. The summed E-state index contributed by atoms with van der Waals surface area (Å²) in [5, 5.41) is 9.98. The first kappa shape index (κ1) is 17.2. The summed E-state index contributed by atoms with van der Waals surface area (Å²) in [6.45, 7) is 0. The monoisotopic (exact) mass is 375 g/mol. The van der Waals surface area contributed by atoms with Gasteiger partial charge in [0.25, 0.3) is 0 Å². The molecule has 3 N–H and O–H groups in total. The van der Waals surface area contributed by atoms with E-state index in [1.54, 1.807) is 17.5 Å². The lowest BCUT2D eigenvalue weighted by atomic mass is 10.1. The van der Waals surface area contributed by atoms with Gasteiger partial charge < -0.3 is 10.8 Å². The van der Waals surface area contributed by atoms with Crippen LogP contribution in [-0.4, -0.2) is 21.0 Å². The van der Waals surface area contributed by atoms with Crippen molar-refractivity contribution >= 4 is 33.2 Å². The first-order valence-corrected chi connectivity index (χ1v) is 9.34. The van der Waals surface area contributed by atoms with E-state index < -0.39 is 5.97 Å². The molecule has 0 bridgehead atoms. The molecule has 2 aromatic carbocycles. The maximum atomic E-state index is 10.7. The molecule has 0 saturated carbocycles. The van der Waals surface area contributed by atoms with Crippen molar-refractivity contribution in [2.75, 3.05) is 5.73 Å². The number of nitrogen functional groups attached to an aromatic ring is 1. The molecule has 0 aliphatic rings. The second-order valence-electron chi connectivity index (χ2n) is 6.23. The Morgan fingerprint density at radius 3 is 2.63 bits per heavy atom. The molecule has 2 aromatic heterocycles. The summed E-state index contributed by atoms with van der Waals surface area (Å²) in [5.41, 5.74) is 9.31. The lowest BCUT2D eigenvalue weighted by Crippen LogP contribution is -1.99. The summed E-state index contributed by atoms with van der Waals surface area (Å²) in [6.07, 6.45) is 2.31. The molecule has 0 spiro atoms. The quantitative estimate of drug-likeness (QED) is 0.531. The zero-order chi connectivity index (χ0) is 18.8. The molecule has 5 nitrogen and oxygen atoms in total. The minimum atomic E-state index is -0.801. The highest BCUT2D eigenvalue weighted by Crippen LogP contribution is 2.34. The summed E-state index contributed by atoms with van der Waals surface area (Å²) in [5.74, 6) is -0.427. The summed E-state index contributed by atoms with van der Waals surface area (Å²) in [7, 11) is 0. The van der Waals surface area contributed by atoms with Crippen molar-refractivity contribution in [2.24, 2.45) is 0 Å². The maximum Gasteiger partial charge on any atom is 0.303 e. The molecular formula is C21H17N3O2S. The van der Waals surface area contributed by atoms with Crippen LogP contribution in [0.25, 0.3) is 31.9 Å². The molecular weight excluding hydrogens is 358 g/mol. The third kappa shape index (κ3) is 3.66. The van der Waals surface area contributed by atoms with Gasteiger partial charge >= 0.3 is 5.97 Å². The van der Waals surface area contributed by atoms with Gasteiger partial charge in [0.15, 0.2) is 0 Å². The summed E-state index contributed by atoms with van der Waals surface area (Å²) in [4.78, 5) is 20.8. The third-order valence-electron chi connectivity index (χ3n) is 4.33. The number of hydrogen-bond acceptors (Lipinski definition) is 5. The Morgan fingerprint density at radius 1 is 1.11 bits per heavy atom. The van der Waals surface area contributed by atoms with Gasteiger partial charge in [0.1, 0.15) is 11.5 Å². The molecule has 0 aliphatic heterocycles. The number of carboxylic acid groups (broad SMARTS) is 1. The fraction of sp³-hybridized carbons (Fsp3) is 0.0952. The standard InChI is InChI=1S/C21H17N3O2S/c22-21-20(14-8-5-13(6-9-14)7-10-19(25)26)24-16(12-23-21)18-11-15-3-1-2-4-17(15)27-18/h1-6,8-9,11-12H,7,10H2,(H2,22,23)(H,25,26). The Kier molecular flexibility index (Phi) is 4.56. The topological polar surface area (TPSA) is 89.1 Å². The van der Waals surface area contributed by atoms with Gasteiger partial charge in [0, 0.05) is 16.7 Å². The van der Waals surface area contributed by atoms with Crippen molar-refractivity contribution in [3.63, 3.8) is 0 Å². The summed E-state index contributed by atoms with van der Waals surface area (Å²) < 4.78 is 1.20. The number of fused-ring (bicyclic) bond motifs is 1. The fourth-order valence-corrected chi connectivity index (χ4v) is 3.94. The normalized spacial score (nSPS) is 11.0. The largest absolute Gasteiger partial charge is 0.481 e. The number of benzene rings is 2. The van der Waals surface area contributed by atoms with Crippen LogP contribution in [-0.2, 0) is 11.2 Å². The third-order valence-corrected chi connectivity index (χ3v) is 5.47. The Labute approximate surface area is 160 Å².